The summed E-state index contributed by atoms with van der Waals surface area (Å²) < 4.78 is 40.3. The number of nitrogens with two attached hydrogens (primary N) is 1. The first-order valence-electron chi connectivity index (χ1n) is 8.64. The van der Waals surface area contributed by atoms with Crippen LogP contribution in [0.5, 0.6) is 0 Å². The standard InChI is InChI=1S/C18H21F2N3O4/c1-2-11-8-23(18(25)22-16(11)24)17-14(20)15(13(7-21)27-17)26-9-10-3-5-12(19)6-4-10/h3-6,8,13-15,17H,2,7,9,21H2,1H3,(H,22,24,25)/t13-,14+,15-,17?/m1/s1. The molecule has 0 saturated carbocycles. The third kappa shape index (κ3) is 4.00. The third-order valence-electron chi connectivity index (χ3n) is 4.55. The highest BCUT2D eigenvalue weighted by Crippen LogP contribution is 2.33. The highest BCUT2D eigenvalue weighted by molar-refractivity contribution is 5.15. The van der Waals surface area contributed by atoms with Crippen LogP contribution < -0.4 is 17.0 Å². The van der Waals surface area contributed by atoms with Crippen LogP contribution in [0.25, 0.3) is 0 Å². The van der Waals surface area contributed by atoms with Crippen LogP contribution in [0.1, 0.15) is 24.3 Å². The second-order valence-corrected chi connectivity index (χ2v) is 6.32. The molecule has 3 N–H and O–H groups in total. The molecule has 0 aliphatic carbocycles. The molecule has 9 heteroatoms. The second kappa shape index (κ2) is 8.12. The molecule has 2 aromatic rings. The Hall–Kier alpha value is -2.36. The number of ether oxygens (including phenoxy) is 2. The van der Waals surface area contributed by atoms with Gasteiger partial charge in [0.15, 0.2) is 12.4 Å². The molecule has 1 saturated heterocycles. The summed E-state index contributed by atoms with van der Waals surface area (Å²) in [6.45, 7) is 1.78. The highest BCUT2D eigenvalue weighted by atomic mass is 19.1. The van der Waals surface area contributed by atoms with Crippen molar-refractivity contribution in [2.24, 2.45) is 5.73 Å². The Balaban J connectivity index is 1.81. The van der Waals surface area contributed by atoms with Crippen molar-refractivity contribution in [3.63, 3.8) is 0 Å². The fraction of sp³-hybridized carbons (Fsp3) is 0.444. The molecule has 146 valence electrons. The van der Waals surface area contributed by atoms with Crippen molar-refractivity contribution in [1.82, 2.24) is 9.55 Å². The van der Waals surface area contributed by atoms with Gasteiger partial charge in [-0.25, -0.2) is 13.6 Å². The minimum atomic E-state index is -1.67. The lowest BCUT2D eigenvalue weighted by atomic mass is 10.1. The number of nitrogens with one attached hydrogen (secondary N) is 1. The maximum absolute atomic E-state index is 15.0. The van der Waals surface area contributed by atoms with Crippen LogP contribution >= 0.6 is 0 Å². The molecular weight excluding hydrogens is 360 g/mol. The Morgan fingerprint density at radius 1 is 1.30 bits per heavy atom. The topological polar surface area (TPSA) is 99.3 Å². The Bertz CT molecular complexity index is 897. The zero-order chi connectivity index (χ0) is 19.6. The molecule has 1 aromatic carbocycles. The molecule has 7 nitrogen and oxygen atoms in total. The monoisotopic (exact) mass is 381 g/mol. The molecule has 1 aromatic heterocycles. The van der Waals surface area contributed by atoms with E-state index >= 15 is 4.39 Å². The van der Waals surface area contributed by atoms with Gasteiger partial charge >= 0.3 is 5.69 Å². The predicted octanol–water partition coefficient (Wildman–Crippen LogP) is 1.02. The van der Waals surface area contributed by atoms with Crippen LogP contribution in [0.3, 0.4) is 0 Å². The average molecular weight is 381 g/mol. The lowest BCUT2D eigenvalue weighted by Gasteiger charge is -2.19. The van der Waals surface area contributed by atoms with Crippen molar-refractivity contribution < 1.29 is 18.3 Å². The second-order valence-electron chi connectivity index (χ2n) is 6.32. The van der Waals surface area contributed by atoms with E-state index in [0.29, 0.717) is 17.5 Å². The fourth-order valence-electron chi connectivity index (χ4n) is 3.05. The van der Waals surface area contributed by atoms with E-state index in [9.17, 15) is 14.0 Å². The molecule has 1 aliphatic heterocycles. The molecule has 0 spiro atoms. The minimum Gasteiger partial charge on any atom is -0.368 e. The van der Waals surface area contributed by atoms with Gasteiger partial charge in [-0.05, 0) is 24.1 Å². The fourth-order valence-corrected chi connectivity index (χ4v) is 3.05. The summed E-state index contributed by atoms with van der Waals surface area (Å²) in [5.41, 5.74) is 5.40. The summed E-state index contributed by atoms with van der Waals surface area (Å²) in [4.78, 5) is 26.0. The smallest absolute Gasteiger partial charge is 0.330 e. The zero-order valence-corrected chi connectivity index (χ0v) is 14.7. The van der Waals surface area contributed by atoms with Crippen molar-refractivity contribution in [2.45, 2.75) is 44.6 Å². The number of halogens is 2. The Morgan fingerprint density at radius 2 is 2.00 bits per heavy atom. The molecule has 0 bridgehead atoms. The first-order chi connectivity index (χ1) is 12.9. The number of benzene rings is 1. The van der Waals surface area contributed by atoms with E-state index in [-0.39, 0.29) is 19.0 Å². The van der Waals surface area contributed by atoms with E-state index in [1.54, 1.807) is 6.92 Å². The molecule has 0 amide bonds. The number of aromatic amines is 1. The van der Waals surface area contributed by atoms with Crippen LogP contribution in [0.4, 0.5) is 8.78 Å². The molecule has 1 unspecified atom stereocenters. The molecule has 3 rings (SSSR count). The van der Waals surface area contributed by atoms with Crippen LogP contribution in [-0.2, 0) is 22.5 Å². The molecule has 1 aliphatic rings. The lowest BCUT2D eigenvalue weighted by molar-refractivity contribution is -0.0388. The summed E-state index contributed by atoms with van der Waals surface area (Å²) >= 11 is 0. The van der Waals surface area contributed by atoms with E-state index in [0.717, 1.165) is 4.57 Å². The number of hydrogen-bond acceptors (Lipinski definition) is 5. The number of nitrogens with zero attached hydrogens (tertiary/aromatic N) is 1. The van der Waals surface area contributed by atoms with Gasteiger partial charge in [0.05, 0.1) is 6.61 Å². The molecule has 4 atom stereocenters. The minimum absolute atomic E-state index is 0.0102. The van der Waals surface area contributed by atoms with Gasteiger partial charge in [0.1, 0.15) is 18.0 Å². The van der Waals surface area contributed by atoms with E-state index in [4.69, 9.17) is 15.2 Å². The summed E-state index contributed by atoms with van der Waals surface area (Å²) in [5.74, 6) is -0.379. The van der Waals surface area contributed by atoms with Crippen molar-refractivity contribution in [3.05, 3.63) is 68.2 Å². The Kier molecular flexibility index (Phi) is 5.83. The molecule has 27 heavy (non-hydrogen) atoms. The summed E-state index contributed by atoms with van der Waals surface area (Å²) in [6.07, 6.45) is -3.03. The van der Waals surface area contributed by atoms with Gasteiger partial charge in [-0.15, -0.1) is 0 Å². The van der Waals surface area contributed by atoms with E-state index in [1.165, 1.54) is 30.5 Å². The first kappa shape index (κ1) is 19.4. The van der Waals surface area contributed by atoms with Crippen LogP contribution in [0.15, 0.2) is 40.1 Å². The summed E-state index contributed by atoms with van der Waals surface area (Å²) in [6, 6.07) is 5.64. The van der Waals surface area contributed by atoms with E-state index in [2.05, 4.69) is 4.98 Å². The number of aromatic nitrogens is 2. The highest BCUT2D eigenvalue weighted by Gasteiger charge is 2.46. The number of aryl methyl sites for hydroxylation is 1. The SMILES string of the molecule is CCc1cn(C2O[C@H](CN)[C@@H](OCc3ccc(F)cc3)[C@@H]2F)c(=O)[nH]c1=O. The quantitative estimate of drug-likeness (QED) is 0.778. The van der Waals surface area contributed by atoms with Crippen molar-refractivity contribution in [2.75, 3.05) is 6.54 Å². The average Bonchev–Trinajstić information content (AvgIpc) is 2.97. The van der Waals surface area contributed by atoms with Gasteiger partial charge in [-0.1, -0.05) is 19.1 Å². The van der Waals surface area contributed by atoms with Gasteiger partial charge in [-0.2, -0.15) is 0 Å². The Morgan fingerprint density at radius 3 is 2.63 bits per heavy atom. The normalized spacial score (nSPS) is 25.0. The molecule has 0 radical (unpaired) electrons. The summed E-state index contributed by atoms with van der Waals surface area (Å²) in [5, 5.41) is 0. The third-order valence-corrected chi connectivity index (χ3v) is 4.55. The predicted molar refractivity (Wildman–Crippen MR) is 93.5 cm³/mol. The van der Waals surface area contributed by atoms with Gasteiger partial charge in [0.25, 0.3) is 5.56 Å². The van der Waals surface area contributed by atoms with Gasteiger partial charge < -0.3 is 15.2 Å². The lowest BCUT2D eigenvalue weighted by Crippen LogP contribution is -2.38. The molecule has 2 heterocycles. The van der Waals surface area contributed by atoms with Gasteiger partial charge in [-0.3, -0.25) is 14.3 Å². The van der Waals surface area contributed by atoms with E-state index < -0.39 is 35.9 Å². The van der Waals surface area contributed by atoms with Crippen LogP contribution in [-0.4, -0.2) is 34.5 Å². The Labute approximate surface area is 153 Å². The van der Waals surface area contributed by atoms with Crippen molar-refractivity contribution >= 4 is 0 Å². The maximum atomic E-state index is 15.0. The van der Waals surface area contributed by atoms with Crippen LogP contribution in [0.2, 0.25) is 0 Å². The largest absolute Gasteiger partial charge is 0.368 e. The van der Waals surface area contributed by atoms with Crippen molar-refractivity contribution in [1.29, 1.82) is 0 Å². The van der Waals surface area contributed by atoms with E-state index in [1.807, 2.05) is 0 Å². The van der Waals surface area contributed by atoms with Crippen LogP contribution in [0, 0.1) is 5.82 Å². The van der Waals surface area contributed by atoms with Gasteiger partial charge in [0, 0.05) is 18.3 Å². The summed E-state index contributed by atoms with van der Waals surface area (Å²) in [7, 11) is 0. The van der Waals surface area contributed by atoms with Crippen molar-refractivity contribution in [3.8, 4) is 0 Å². The maximum Gasteiger partial charge on any atom is 0.330 e. The number of alkyl halides is 1. The number of H-pyrrole nitrogens is 1. The number of rotatable bonds is 6. The zero-order valence-electron chi connectivity index (χ0n) is 14.7. The molecule has 1 fully saturated rings. The number of hydrogen-bond donors (Lipinski definition) is 2. The van der Waals surface area contributed by atoms with Gasteiger partial charge in [0.2, 0.25) is 0 Å². The first-order valence-corrected chi connectivity index (χ1v) is 8.64. The molecular formula is C18H21F2N3O4.